The highest BCUT2D eigenvalue weighted by atomic mass is 19.4. The molecule has 4 saturated carbocycles. The van der Waals surface area contributed by atoms with Crippen LogP contribution in [0.5, 0.6) is 5.75 Å². The maximum absolute atomic E-state index is 12.7. The van der Waals surface area contributed by atoms with E-state index in [2.05, 4.69) is 63.7 Å². The fraction of sp³-hybridized carbons (Fsp3) is 0.519. The van der Waals surface area contributed by atoms with Crippen molar-refractivity contribution in [3.8, 4) is 11.4 Å². The summed E-state index contributed by atoms with van der Waals surface area (Å²) >= 11 is 0. The quantitative estimate of drug-likeness (QED) is 0.424. The molecule has 9 heteroatoms. The molecular formula is C27H30F3N5O. The number of nitrogens with one attached hydrogen (secondary N) is 1. The van der Waals surface area contributed by atoms with Crippen molar-refractivity contribution in [2.24, 2.45) is 23.7 Å². The molecule has 1 aromatic heterocycles. The summed E-state index contributed by atoms with van der Waals surface area (Å²) in [4.78, 5) is 0. The van der Waals surface area contributed by atoms with Gasteiger partial charge in [-0.1, -0.05) is 26.0 Å². The lowest BCUT2D eigenvalue weighted by Gasteiger charge is -2.60. The highest BCUT2D eigenvalue weighted by Crippen LogP contribution is 2.62. The second-order valence-corrected chi connectivity index (χ2v) is 11.0. The van der Waals surface area contributed by atoms with Gasteiger partial charge in [-0.3, -0.25) is 0 Å². The number of hydrogen-bond donors (Lipinski definition) is 1. The van der Waals surface area contributed by atoms with E-state index >= 15 is 0 Å². The van der Waals surface area contributed by atoms with E-state index in [-0.39, 0.29) is 5.75 Å². The van der Waals surface area contributed by atoms with Gasteiger partial charge < -0.3 is 10.1 Å². The third-order valence-corrected chi connectivity index (χ3v) is 8.51. The zero-order chi connectivity index (χ0) is 25.1. The topological polar surface area (TPSA) is 64.9 Å². The van der Waals surface area contributed by atoms with E-state index < -0.39 is 11.9 Å². The Kier molecular flexibility index (Phi) is 5.50. The monoisotopic (exact) mass is 497 g/mol. The maximum Gasteiger partial charge on any atom is 0.573 e. The molecule has 0 atom stereocenters. The third-order valence-electron chi connectivity index (χ3n) is 8.51. The summed E-state index contributed by atoms with van der Waals surface area (Å²) < 4.78 is 43.9. The van der Waals surface area contributed by atoms with Gasteiger partial charge in [0.2, 0.25) is 0 Å². The van der Waals surface area contributed by atoms with Crippen LogP contribution in [0.3, 0.4) is 0 Å². The van der Waals surface area contributed by atoms with Crippen molar-refractivity contribution in [2.75, 3.05) is 5.32 Å². The van der Waals surface area contributed by atoms with E-state index in [4.69, 9.17) is 0 Å². The van der Waals surface area contributed by atoms with Crippen LogP contribution in [0.4, 0.5) is 18.9 Å². The van der Waals surface area contributed by atoms with Gasteiger partial charge in [0.25, 0.3) is 0 Å². The Morgan fingerprint density at radius 2 is 1.53 bits per heavy atom. The Labute approximate surface area is 208 Å². The summed E-state index contributed by atoms with van der Waals surface area (Å²) in [5.74, 6) is 3.11. The Morgan fingerprint density at radius 3 is 2.08 bits per heavy atom. The molecule has 1 N–H and O–H groups in total. The molecule has 7 rings (SSSR count). The molecule has 4 aliphatic carbocycles. The van der Waals surface area contributed by atoms with Gasteiger partial charge in [-0.25, -0.2) is 0 Å². The standard InChI is InChI=1S/C27H30F3N5O/c1-16(2)19-3-7-23(8-4-19)35-25(32-33-34-35)26(20-12-17-11-18(14-20)15-21(26)13-17)31-22-5-9-24(10-6-22)36-27(28,29)30/h3-10,16-18,20-21,31H,11-15H2,1-2H3. The van der Waals surface area contributed by atoms with Gasteiger partial charge in [-0.05, 0) is 114 Å². The number of aromatic nitrogens is 4. The van der Waals surface area contributed by atoms with Crippen molar-refractivity contribution in [3.05, 3.63) is 59.9 Å². The molecule has 4 fully saturated rings. The fourth-order valence-corrected chi connectivity index (χ4v) is 7.15. The molecular weight excluding hydrogens is 467 g/mol. The van der Waals surface area contributed by atoms with Crippen molar-refractivity contribution in [2.45, 2.75) is 63.8 Å². The van der Waals surface area contributed by atoms with E-state index in [0.717, 1.165) is 54.7 Å². The van der Waals surface area contributed by atoms with Crippen LogP contribution >= 0.6 is 0 Å². The van der Waals surface area contributed by atoms with Gasteiger partial charge >= 0.3 is 6.36 Å². The summed E-state index contributed by atoms with van der Waals surface area (Å²) in [7, 11) is 0. The first-order valence-corrected chi connectivity index (χ1v) is 12.7. The average molecular weight is 498 g/mol. The third kappa shape index (κ3) is 4.02. The van der Waals surface area contributed by atoms with Crippen LogP contribution in [-0.4, -0.2) is 26.6 Å². The predicted molar refractivity (Wildman–Crippen MR) is 129 cm³/mol. The zero-order valence-corrected chi connectivity index (χ0v) is 20.4. The minimum atomic E-state index is -4.72. The first-order chi connectivity index (χ1) is 17.2. The van der Waals surface area contributed by atoms with Crippen molar-refractivity contribution in [1.82, 2.24) is 20.2 Å². The highest BCUT2D eigenvalue weighted by Gasteiger charge is 2.60. The molecule has 0 saturated heterocycles. The number of hydrogen-bond acceptors (Lipinski definition) is 5. The van der Waals surface area contributed by atoms with Crippen molar-refractivity contribution in [1.29, 1.82) is 0 Å². The van der Waals surface area contributed by atoms with Crippen molar-refractivity contribution < 1.29 is 17.9 Å². The van der Waals surface area contributed by atoms with E-state index in [9.17, 15) is 13.2 Å². The van der Waals surface area contributed by atoms with Crippen LogP contribution in [0.15, 0.2) is 48.5 Å². The van der Waals surface area contributed by atoms with Gasteiger partial charge in [0, 0.05) is 5.69 Å². The SMILES string of the molecule is CC(C)c1ccc(-n2nnnc2C2(Nc3ccc(OC(F)(F)F)cc3)C3CC4CC(C3)CC2C4)cc1. The Morgan fingerprint density at radius 1 is 0.917 bits per heavy atom. The summed E-state index contributed by atoms with van der Waals surface area (Å²) in [6, 6.07) is 14.4. The summed E-state index contributed by atoms with van der Waals surface area (Å²) in [5.41, 5.74) is 2.39. The van der Waals surface area contributed by atoms with Crippen LogP contribution in [0.25, 0.3) is 5.69 Å². The van der Waals surface area contributed by atoms with Crippen molar-refractivity contribution in [3.63, 3.8) is 0 Å². The number of nitrogens with zero attached hydrogens (tertiary/aromatic N) is 4. The van der Waals surface area contributed by atoms with Crippen LogP contribution in [0.2, 0.25) is 0 Å². The second kappa shape index (κ2) is 8.49. The minimum absolute atomic E-state index is 0.234. The summed E-state index contributed by atoms with van der Waals surface area (Å²) in [6.45, 7) is 4.33. The lowest BCUT2D eigenvalue weighted by atomic mass is 9.48. The molecule has 0 spiro atoms. The van der Waals surface area contributed by atoms with E-state index in [0.29, 0.717) is 17.8 Å². The molecule has 4 bridgehead atoms. The molecule has 6 nitrogen and oxygen atoms in total. The number of benzene rings is 2. The normalized spacial score (nSPS) is 29.1. The number of alkyl halides is 3. The zero-order valence-electron chi connectivity index (χ0n) is 20.4. The fourth-order valence-electron chi connectivity index (χ4n) is 7.15. The number of halogens is 3. The first-order valence-electron chi connectivity index (χ1n) is 12.7. The molecule has 4 aliphatic rings. The Balaban J connectivity index is 1.40. The summed E-state index contributed by atoms with van der Waals surface area (Å²) in [6.07, 6.45) is 1.00. The molecule has 2 aromatic carbocycles. The van der Waals surface area contributed by atoms with Crippen LogP contribution in [-0.2, 0) is 5.54 Å². The second-order valence-electron chi connectivity index (χ2n) is 11.0. The largest absolute Gasteiger partial charge is 0.573 e. The minimum Gasteiger partial charge on any atom is -0.406 e. The lowest BCUT2D eigenvalue weighted by molar-refractivity contribution is -0.274. The predicted octanol–water partition coefficient (Wildman–Crippen LogP) is 6.45. The molecule has 0 unspecified atom stereocenters. The van der Waals surface area contributed by atoms with Gasteiger partial charge in [0.15, 0.2) is 5.82 Å². The first kappa shape index (κ1) is 23.3. The van der Waals surface area contributed by atoms with Crippen LogP contribution < -0.4 is 10.1 Å². The Bertz CT molecular complexity index is 1190. The number of rotatable bonds is 6. The maximum atomic E-state index is 12.7. The average Bonchev–Trinajstić information content (AvgIpc) is 3.32. The number of tetrazole rings is 1. The van der Waals surface area contributed by atoms with Gasteiger partial charge in [-0.15, -0.1) is 18.3 Å². The van der Waals surface area contributed by atoms with E-state index in [1.807, 2.05) is 4.68 Å². The van der Waals surface area contributed by atoms with E-state index in [1.165, 1.54) is 24.1 Å². The number of anilines is 1. The van der Waals surface area contributed by atoms with E-state index in [1.54, 1.807) is 12.1 Å². The van der Waals surface area contributed by atoms with Gasteiger partial charge in [0.1, 0.15) is 11.3 Å². The smallest absolute Gasteiger partial charge is 0.406 e. The molecule has 0 amide bonds. The molecule has 0 aliphatic heterocycles. The van der Waals surface area contributed by atoms with Crippen LogP contribution in [0.1, 0.15) is 63.3 Å². The molecule has 36 heavy (non-hydrogen) atoms. The van der Waals surface area contributed by atoms with Crippen molar-refractivity contribution >= 4 is 5.69 Å². The molecule has 0 radical (unpaired) electrons. The van der Waals surface area contributed by atoms with Crippen LogP contribution in [0, 0.1) is 23.7 Å². The lowest BCUT2D eigenvalue weighted by Crippen LogP contribution is -2.60. The van der Waals surface area contributed by atoms with Gasteiger partial charge in [0.05, 0.1) is 5.69 Å². The molecule has 3 aromatic rings. The van der Waals surface area contributed by atoms with Gasteiger partial charge in [-0.2, -0.15) is 4.68 Å². The summed E-state index contributed by atoms with van der Waals surface area (Å²) in [5, 5.41) is 16.9. The number of ether oxygens (including phenoxy) is 1. The highest BCUT2D eigenvalue weighted by molar-refractivity contribution is 5.51. The molecule has 1 heterocycles. The molecule has 190 valence electrons. The Hall–Kier alpha value is -3.10.